The first-order valence-corrected chi connectivity index (χ1v) is 6.55. The van der Waals surface area contributed by atoms with Gasteiger partial charge >= 0.3 is 5.97 Å². The summed E-state index contributed by atoms with van der Waals surface area (Å²) in [5.41, 5.74) is 0. The maximum atomic E-state index is 11.9. The van der Waals surface area contributed by atoms with Crippen molar-refractivity contribution in [1.29, 1.82) is 0 Å². The van der Waals surface area contributed by atoms with Crippen LogP contribution in [0.15, 0.2) is 0 Å². The molecular formula is C13H25NO2. The molecule has 0 amide bonds. The summed E-state index contributed by atoms with van der Waals surface area (Å²) in [6.07, 6.45) is 6.66. The van der Waals surface area contributed by atoms with Gasteiger partial charge < -0.3 is 10.1 Å². The number of nitrogens with one attached hydrogen (secondary N) is 1. The van der Waals surface area contributed by atoms with Crippen LogP contribution in [0.5, 0.6) is 0 Å². The van der Waals surface area contributed by atoms with Gasteiger partial charge in [-0.3, -0.25) is 4.79 Å². The zero-order valence-corrected chi connectivity index (χ0v) is 10.8. The Morgan fingerprint density at radius 2 is 2.06 bits per heavy atom. The van der Waals surface area contributed by atoms with E-state index in [1.54, 1.807) is 0 Å². The first kappa shape index (κ1) is 13.5. The molecule has 16 heavy (non-hydrogen) atoms. The fraction of sp³-hybridized carbons (Fsp3) is 0.923. The van der Waals surface area contributed by atoms with E-state index in [1.807, 2.05) is 7.05 Å². The van der Waals surface area contributed by atoms with Crippen molar-refractivity contribution in [3.8, 4) is 0 Å². The van der Waals surface area contributed by atoms with Gasteiger partial charge in [0.15, 0.2) is 0 Å². The minimum Gasteiger partial charge on any atom is -0.461 e. The SMILES string of the molecule is CCC(C)C[C@H](NC)C(=O)OC1CCCC1. The highest BCUT2D eigenvalue weighted by Crippen LogP contribution is 2.22. The number of hydrogen-bond acceptors (Lipinski definition) is 3. The second-order valence-electron chi connectivity index (χ2n) is 4.93. The fourth-order valence-electron chi connectivity index (χ4n) is 2.15. The van der Waals surface area contributed by atoms with Crippen molar-refractivity contribution in [2.45, 2.75) is 64.5 Å². The minimum absolute atomic E-state index is 0.0605. The van der Waals surface area contributed by atoms with Crippen LogP contribution >= 0.6 is 0 Å². The Hall–Kier alpha value is -0.570. The van der Waals surface area contributed by atoms with Crippen molar-refractivity contribution in [1.82, 2.24) is 5.32 Å². The smallest absolute Gasteiger partial charge is 0.323 e. The first-order chi connectivity index (χ1) is 7.67. The maximum absolute atomic E-state index is 11.9. The highest BCUT2D eigenvalue weighted by molar-refractivity contribution is 5.75. The van der Waals surface area contributed by atoms with Crippen molar-refractivity contribution < 1.29 is 9.53 Å². The molecule has 0 aromatic heterocycles. The van der Waals surface area contributed by atoms with E-state index in [9.17, 15) is 4.79 Å². The molecule has 1 saturated carbocycles. The average Bonchev–Trinajstić information content (AvgIpc) is 2.77. The molecule has 1 aliphatic rings. The standard InChI is InChI=1S/C13H25NO2/c1-4-10(2)9-12(14-3)13(15)16-11-7-5-6-8-11/h10-12,14H,4-9H2,1-3H3/t10?,12-/m0/s1. The number of carbonyl (C=O) groups excluding carboxylic acids is 1. The number of carbonyl (C=O) groups is 1. The molecular weight excluding hydrogens is 202 g/mol. The molecule has 1 rings (SSSR count). The molecule has 1 fully saturated rings. The molecule has 0 spiro atoms. The van der Waals surface area contributed by atoms with Gasteiger partial charge in [-0.15, -0.1) is 0 Å². The number of esters is 1. The van der Waals surface area contributed by atoms with Crippen LogP contribution in [0.4, 0.5) is 0 Å². The van der Waals surface area contributed by atoms with Gasteiger partial charge in [0.1, 0.15) is 12.1 Å². The molecule has 3 nitrogen and oxygen atoms in total. The Kier molecular flexibility index (Phi) is 5.81. The lowest BCUT2D eigenvalue weighted by atomic mass is 9.99. The van der Waals surface area contributed by atoms with Gasteiger partial charge in [0.05, 0.1) is 0 Å². The predicted molar refractivity (Wildman–Crippen MR) is 65.3 cm³/mol. The van der Waals surface area contributed by atoms with Crippen molar-refractivity contribution in [3.63, 3.8) is 0 Å². The lowest BCUT2D eigenvalue weighted by Gasteiger charge is -2.20. The lowest BCUT2D eigenvalue weighted by molar-refractivity contribution is -0.151. The molecule has 0 aromatic carbocycles. The molecule has 3 heteroatoms. The molecule has 0 aromatic rings. The van der Waals surface area contributed by atoms with Crippen molar-refractivity contribution >= 4 is 5.97 Å². The van der Waals surface area contributed by atoms with E-state index >= 15 is 0 Å². The van der Waals surface area contributed by atoms with Crippen molar-refractivity contribution in [3.05, 3.63) is 0 Å². The third kappa shape index (κ3) is 4.12. The van der Waals surface area contributed by atoms with Crippen molar-refractivity contribution in [2.24, 2.45) is 5.92 Å². The number of likely N-dealkylation sites (N-methyl/N-ethyl adjacent to an activating group) is 1. The van der Waals surface area contributed by atoms with Crippen LogP contribution in [-0.4, -0.2) is 25.2 Å². The summed E-state index contributed by atoms with van der Waals surface area (Å²) in [5, 5.41) is 3.07. The van der Waals surface area contributed by atoms with Gasteiger partial charge in [-0.2, -0.15) is 0 Å². The zero-order valence-electron chi connectivity index (χ0n) is 10.8. The van der Waals surface area contributed by atoms with Gasteiger partial charge in [0.2, 0.25) is 0 Å². The predicted octanol–water partition coefficient (Wildman–Crippen LogP) is 2.50. The van der Waals surface area contributed by atoms with E-state index in [2.05, 4.69) is 19.2 Å². The molecule has 1 unspecified atom stereocenters. The van der Waals surface area contributed by atoms with Crippen LogP contribution in [0.2, 0.25) is 0 Å². The topological polar surface area (TPSA) is 38.3 Å². The summed E-state index contributed by atoms with van der Waals surface area (Å²) in [4.78, 5) is 11.9. The second-order valence-corrected chi connectivity index (χ2v) is 4.93. The molecule has 0 aliphatic heterocycles. The Labute approximate surface area is 98.9 Å². The molecule has 0 saturated heterocycles. The van der Waals surface area contributed by atoms with Crippen molar-refractivity contribution in [2.75, 3.05) is 7.05 Å². The van der Waals surface area contributed by atoms with E-state index in [-0.39, 0.29) is 18.1 Å². The van der Waals surface area contributed by atoms with Crippen LogP contribution in [0.25, 0.3) is 0 Å². The van der Waals surface area contributed by atoms with Crippen LogP contribution in [0, 0.1) is 5.92 Å². The monoisotopic (exact) mass is 227 g/mol. The molecule has 1 aliphatic carbocycles. The highest BCUT2D eigenvalue weighted by atomic mass is 16.5. The summed E-state index contributed by atoms with van der Waals surface area (Å²) in [5.74, 6) is 0.503. The fourth-order valence-corrected chi connectivity index (χ4v) is 2.15. The lowest BCUT2D eigenvalue weighted by Crippen LogP contribution is -2.38. The zero-order chi connectivity index (χ0) is 12.0. The summed E-state index contributed by atoms with van der Waals surface area (Å²) in [7, 11) is 1.84. The first-order valence-electron chi connectivity index (χ1n) is 6.55. The maximum Gasteiger partial charge on any atom is 0.323 e. The minimum atomic E-state index is -0.129. The Morgan fingerprint density at radius 3 is 2.56 bits per heavy atom. The number of ether oxygens (including phenoxy) is 1. The van der Waals surface area contributed by atoms with Crippen LogP contribution in [0.3, 0.4) is 0 Å². The van der Waals surface area contributed by atoms with E-state index < -0.39 is 0 Å². The van der Waals surface area contributed by atoms with E-state index in [4.69, 9.17) is 4.74 Å². The molecule has 0 heterocycles. The number of hydrogen-bond donors (Lipinski definition) is 1. The van der Waals surface area contributed by atoms with Crippen LogP contribution in [0.1, 0.15) is 52.4 Å². The van der Waals surface area contributed by atoms with E-state index in [0.717, 1.165) is 25.7 Å². The van der Waals surface area contributed by atoms with E-state index in [1.165, 1.54) is 12.8 Å². The number of rotatable bonds is 6. The van der Waals surface area contributed by atoms with Crippen LogP contribution < -0.4 is 5.32 Å². The van der Waals surface area contributed by atoms with Gasteiger partial charge in [-0.05, 0) is 45.1 Å². The summed E-state index contributed by atoms with van der Waals surface area (Å²) < 4.78 is 5.51. The summed E-state index contributed by atoms with van der Waals surface area (Å²) >= 11 is 0. The quantitative estimate of drug-likeness (QED) is 0.708. The molecule has 0 bridgehead atoms. The van der Waals surface area contributed by atoms with E-state index in [0.29, 0.717) is 5.92 Å². The summed E-state index contributed by atoms with van der Waals surface area (Å²) in [6.45, 7) is 4.33. The molecule has 94 valence electrons. The third-order valence-corrected chi connectivity index (χ3v) is 3.55. The Morgan fingerprint density at radius 1 is 1.44 bits per heavy atom. The largest absolute Gasteiger partial charge is 0.461 e. The van der Waals surface area contributed by atoms with Gasteiger partial charge in [0, 0.05) is 0 Å². The molecule has 2 atom stereocenters. The van der Waals surface area contributed by atoms with Crippen LogP contribution in [-0.2, 0) is 9.53 Å². The Balaban J connectivity index is 2.35. The highest BCUT2D eigenvalue weighted by Gasteiger charge is 2.25. The average molecular weight is 227 g/mol. The third-order valence-electron chi connectivity index (χ3n) is 3.55. The molecule has 0 radical (unpaired) electrons. The molecule has 1 N–H and O–H groups in total. The second kappa shape index (κ2) is 6.89. The summed E-state index contributed by atoms with van der Waals surface area (Å²) in [6, 6.07) is -0.129. The Bertz CT molecular complexity index is 212. The normalized spacial score (nSPS) is 20.7. The van der Waals surface area contributed by atoms with Gasteiger partial charge in [-0.25, -0.2) is 0 Å². The van der Waals surface area contributed by atoms with Gasteiger partial charge in [-0.1, -0.05) is 20.3 Å². The van der Waals surface area contributed by atoms with Gasteiger partial charge in [0.25, 0.3) is 0 Å².